The minimum Gasteiger partial charge on any atom is -0.446 e. The second-order valence-electron chi connectivity index (χ2n) is 13.7. The minimum absolute atomic E-state index is 0.0196. The Labute approximate surface area is 318 Å². The van der Waals surface area contributed by atoms with E-state index in [4.69, 9.17) is 21.3 Å². The summed E-state index contributed by atoms with van der Waals surface area (Å²) in [6.07, 6.45) is 12.1. The number of hydrogen-bond donors (Lipinski definition) is 3. The number of hydrogen-bond acceptors (Lipinski definition) is 8. The molecule has 1 saturated heterocycles. The molecule has 280 valence electrons. The van der Waals surface area contributed by atoms with Gasteiger partial charge in [0.1, 0.15) is 17.7 Å². The number of fused-ring (bicyclic) bond motifs is 3. The van der Waals surface area contributed by atoms with Gasteiger partial charge in [-0.2, -0.15) is 0 Å². The number of allylic oxidation sites excluding steroid dienone is 2. The zero-order chi connectivity index (χ0) is 37.4. The first-order valence-corrected chi connectivity index (χ1v) is 18.8. The van der Waals surface area contributed by atoms with Crippen LogP contribution in [0.1, 0.15) is 72.0 Å². The van der Waals surface area contributed by atoms with Crippen LogP contribution in [0.3, 0.4) is 0 Å². The van der Waals surface area contributed by atoms with Crippen LogP contribution in [0.4, 0.5) is 25.2 Å². The summed E-state index contributed by atoms with van der Waals surface area (Å²) in [5, 5.41) is 9.64. The van der Waals surface area contributed by atoms with E-state index in [0.717, 1.165) is 58.0 Å². The van der Waals surface area contributed by atoms with E-state index in [0.29, 0.717) is 57.7 Å². The Morgan fingerprint density at radius 3 is 2.50 bits per heavy atom. The van der Waals surface area contributed by atoms with E-state index in [9.17, 15) is 18.4 Å². The molecule has 1 aromatic heterocycles. The first-order valence-electron chi connectivity index (χ1n) is 18.5. The van der Waals surface area contributed by atoms with Crippen molar-refractivity contribution in [3.63, 3.8) is 0 Å². The number of alkyl carbamates (subject to hydrolysis) is 1. The third-order valence-corrected chi connectivity index (χ3v) is 10.2. The highest BCUT2D eigenvalue weighted by Crippen LogP contribution is 2.35. The Morgan fingerprint density at radius 2 is 1.70 bits per heavy atom. The number of carbonyl (C=O) groups is 2. The number of nitrogens with zero attached hydrogens (tertiary/aromatic N) is 4. The lowest BCUT2D eigenvalue weighted by Crippen LogP contribution is -2.47. The summed E-state index contributed by atoms with van der Waals surface area (Å²) < 4.78 is 35.5. The molecule has 3 aliphatic rings. The van der Waals surface area contributed by atoms with Crippen molar-refractivity contribution in [2.45, 2.75) is 63.6 Å². The Morgan fingerprint density at radius 1 is 0.926 bits per heavy atom. The lowest BCUT2D eigenvalue weighted by atomic mass is 9.95. The number of anilines is 2. The lowest BCUT2D eigenvalue weighted by molar-refractivity contribution is 0.0793. The summed E-state index contributed by atoms with van der Waals surface area (Å²) >= 11 is 6.34. The van der Waals surface area contributed by atoms with Gasteiger partial charge in [0.25, 0.3) is 5.91 Å². The summed E-state index contributed by atoms with van der Waals surface area (Å²) in [6, 6.07) is 15.9. The maximum Gasteiger partial charge on any atom is 0.407 e. The maximum absolute atomic E-state index is 14.9. The van der Waals surface area contributed by atoms with Gasteiger partial charge in [-0.05, 0) is 93.5 Å². The molecule has 1 atom stereocenters. The molecule has 0 radical (unpaired) electrons. The molecular weight excluding hydrogens is 712 g/mol. The average Bonchev–Trinajstić information content (AvgIpc) is 3.30. The molecule has 3 N–H and O–H groups in total. The van der Waals surface area contributed by atoms with Gasteiger partial charge < -0.3 is 25.6 Å². The van der Waals surface area contributed by atoms with Crippen LogP contribution >= 0.6 is 11.6 Å². The SMILES string of the molecule is O=C(NC1CCN(CCNC(=O)c2ccc(Nc3ncc4c(n3)-c3ccc(Cl)cc3C(c3c(F)cccc3F)=NC4)cc2)CC1)OC1CC/C=C/CCC1. The van der Waals surface area contributed by atoms with Gasteiger partial charge in [-0.3, -0.25) is 9.79 Å². The summed E-state index contributed by atoms with van der Waals surface area (Å²) in [7, 11) is 0. The van der Waals surface area contributed by atoms with Gasteiger partial charge in [-0.25, -0.2) is 23.5 Å². The molecule has 13 heteroatoms. The summed E-state index contributed by atoms with van der Waals surface area (Å²) in [5.74, 6) is -1.32. The van der Waals surface area contributed by atoms with Gasteiger partial charge in [0, 0.05) is 71.4 Å². The molecule has 7 rings (SSSR count). The fraction of sp³-hybridized carbons (Fsp3) is 0.341. The predicted octanol–water partition coefficient (Wildman–Crippen LogP) is 7.98. The van der Waals surface area contributed by atoms with Crippen LogP contribution in [0, 0.1) is 11.6 Å². The molecule has 10 nitrogen and oxygen atoms in total. The molecule has 2 aliphatic heterocycles. The molecule has 0 saturated carbocycles. The molecule has 1 aliphatic carbocycles. The number of aliphatic imine (C=N–C) groups is 1. The van der Waals surface area contributed by atoms with Crippen molar-refractivity contribution in [3.05, 3.63) is 118 Å². The number of benzene rings is 3. The maximum atomic E-state index is 14.9. The first-order chi connectivity index (χ1) is 26.3. The number of amides is 2. The molecule has 3 aromatic carbocycles. The highest BCUT2D eigenvalue weighted by Gasteiger charge is 2.26. The van der Waals surface area contributed by atoms with Crippen molar-refractivity contribution < 1.29 is 23.1 Å². The summed E-state index contributed by atoms with van der Waals surface area (Å²) in [4.78, 5) is 41.5. The normalized spacial score (nSPS) is 18.1. The zero-order valence-electron chi connectivity index (χ0n) is 29.8. The highest BCUT2D eigenvalue weighted by atomic mass is 35.5. The number of piperidine rings is 1. The van der Waals surface area contributed by atoms with E-state index >= 15 is 0 Å². The van der Waals surface area contributed by atoms with E-state index in [1.54, 1.807) is 48.7 Å². The predicted molar refractivity (Wildman–Crippen MR) is 205 cm³/mol. The topological polar surface area (TPSA) is 121 Å². The van der Waals surface area contributed by atoms with Crippen LogP contribution in [0.25, 0.3) is 11.3 Å². The third-order valence-electron chi connectivity index (χ3n) is 9.98. The highest BCUT2D eigenvalue weighted by molar-refractivity contribution is 6.31. The molecule has 0 bridgehead atoms. The van der Waals surface area contributed by atoms with E-state index in [-0.39, 0.29) is 42.0 Å². The van der Waals surface area contributed by atoms with Gasteiger partial charge in [-0.1, -0.05) is 35.9 Å². The van der Waals surface area contributed by atoms with Gasteiger partial charge in [0.2, 0.25) is 5.95 Å². The molecular formula is C41H42ClF2N7O3. The average molecular weight is 754 g/mol. The zero-order valence-corrected chi connectivity index (χ0v) is 30.5. The molecule has 1 fully saturated rings. The first kappa shape index (κ1) is 37.1. The van der Waals surface area contributed by atoms with E-state index in [2.05, 4.69) is 43.0 Å². The van der Waals surface area contributed by atoms with Crippen molar-refractivity contribution >= 4 is 40.9 Å². The summed E-state index contributed by atoms with van der Waals surface area (Å²) in [5.41, 5.74) is 3.43. The van der Waals surface area contributed by atoms with Crippen LogP contribution in [0.2, 0.25) is 5.02 Å². The van der Waals surface area contributed by atoms with Crippen molar-refractivity contribution in [2.75, 3.05) is 31.5 Å². The van der Waals surface area contributed by atoms with Crippen molar-refractivity contribution in [1.82, 2.24) is 25.5 Å². The quantitative estimate of drug-likeness (QED) is 0.148. The monoisotopic (exact) mass is 753 g/mol. The van der Waals surface area contributed by atoms with Crippen LogP contribution in [0.15, 0.2) is 84.0 Å². The van der Waals surface area contributed by atoms with Crippen molar-refractivity contribution in [2.24, 2.45) is 4.99 Å². The van der Waals surface area contributed by atoms with E-state index < -0.39 is 11.6 Å². The number of rotatable bonds is 9. The molecule has 4 aromatic rings. The third kappa shape index (κ3) is 9.11. The van der Waals surface area contributed by atoms with Gasteiger partial charge in [0.15, 0.2) is 0 Å². The Balaban J connectivity index is 0.901. The number of ether oxygens (including phenoxy) is 1. The lowest BCUT2D eigenvalue weighted by Gasteiger charge is -2.32. The van der Waals surface area contributed by atoms with Crippen molar-refractivity contribution in [1.29, 1.82) is 0 Å². The molecule has 54 heavy (non-hydrogen) atoms. The number of nitrogens with one attached hydrogen (secondary N) is 3. The molecule has 2 amide bonds. The number of carbonyl (C=O) groups excluding carboxylic acids is 2. The van der Waals surface area contributed by atoms with Crippen molar-refractivity contribution in [3.8, 4) is 11.3 Å². The largest absolute Gasteiger partial charge is 0.446 e. The van der Waals surface area contributed by atoms with Crippen LogP contribution < -0.4 is 16.0 Å². The van der Waals surface area contributed by atoms with Crippen LogP contribution in [-0.2, 0) is 11.3 Å². The van der Waals surface area contributed by atoms with E-state index in [1.807, 2.05) is 0 Å². The number of aromatic nitrogens is 2. The van der Waals surface area contributed by atoms with Crippen LogP contribution in [0.5, 0.6) is 0 Å². The number of likely N-dealkylation sites (tertiary alicyclic amines) is 1. The number of halogens is 3. The van der Waals surface area contributed by atoms with Gasteiger partial charge >= 0.3 is 6.09 Å². The second-order valence-corrected chi connectivity index (χ2v) is 14.2. The molecule has 1 unspecified atom stereocenters. The summed E-state index contributed by atoms with van der Waals surface area (Å²) in [6.45, 7) is 2.99. The van der Waals surface area contributed by atoms with Gasteiger partial charge in [-0.15, -0.1) is 0 Å². The molecule has 0 spiro atoms. The Hall–Kier alpha value is -5.20. The van der Waals surface area contributed by atoms with E-state index in [1.165, 1.54) is 18.2 Å². The van der Waals surface area contributed by atoms with Crippen LogP contribution in [-0.4, -0.2) is 70.9 Å². The fourth-order valence-electron chi connectivity index (χ4n) is 7.08. The smallest absolute Gasteiger partial charge is 0.407 e. The molecule has 3 heterocycles. The fourth-order valence-corrected chi connectivity index (χ4v) is 7.25. The Kier molecular flexibility index (Phi) is 11.9. The second kappa shape index (κ2) is 17.3. The van der Waals surface area contributed by atoms with Gasteiger partial charge in [0.05, 0.1) is 23.5 Å². The Bertz CT molecular complexity index is 2030. The standard InChI is InChI=1S/C41H42ClF2N7O3/c42-28-13-16-32-33(23-28)38(36-34(43)9-6-10-35(36)44)46-24-27-25-47-40(50-37(27)32)48-29-14-11-26(12-15-29)39(52)45-19-22-51-20-17-30(18-21-51)49-41(53)54-31-7-4-2-1-3-5-8-31/h1-2,6,9-16,23,25,30-31H,3-5,7-8,17-22,24H2,(H,45,52)(H,49,53)(H,47,48,50)/b2-1+. The minimum atomic E-state index is -0.723.